The van der Waals surface area contributed by atoms with Gasteiger partial charge < -0.3 is 10.0 Å². The number of carbonyl (C=O) groups is 1. The van der Waals surface area contributed by atoms with Crippen LogP contribution in [0.15, 0.2) is 47.1 Å². The van der Waals surface area contributed by atoms with Crippen LogP contribution in [0.25, 0.3) is 11.0 Å². The number of rotatable bonds is 10. The average Bonchev–Trinajstić information content (AvgIpc) is 3.51. The van der Waals surface area contributed by atoms with Gasteiger partial charge in [0.15, 0.2) is 0 Å². The number of hydrogen-bond donors (Lipinski definition) is 1. The molecule has 3 atom stereocenters. The van der Waals surface area contributed by atoms with Crippen LogP contribution in [0.1, 0.15) is 56.6 Å². The van der Waals surface area contributed by atoms with Crippen molar-refractivity contribution in [2.24, 2.45) is 17.8 Å². The van der Waals surface area contributed by atoms with Gasteiger partial charge in [0.1, 0.15) is 22.9 Å². The maximum Gasteiger partial charge on any atom is 0.321 e. The standard InChI is InChI=1S/C30H39FN4O3/c1-20(2)29(30(36)37)35-18-24(26(19-35)23-7-4-8-25(31)16-23)17-34-13-11-21(12-14-34)5-3-6-22-9-10-27-28(15-22)33-38-32-27/h4,7-10,15-16,20-21,24,26,29H,3,5-6,11-14,17-19H2,1-2H3,(H,36,37). The van der Waals surface area contributed by atoms with Gasteiger partial charge in [0.05, 0.1) is 0 Å². The maximum absolute atomic E-state index is 14.1. The highest BCUT2D eigenvalue weighted by Gasteiger charge is 2.41. The molecule has 2 fully saturated rings. The van der Waals surface area contributed by atoms with Crippen molar-refractivity contribution in [3.63, 3.8) is 0 Å². The summed E-state index contributed by atoms with van der Waals surface area (Å²) in [4.78, 5) is 16.7. The molecular formula is C30H39FN4O3. The van der Waals surface area contributed by atoms with Gasteiger partial charge in [-0.2, -0.15) is 0 Å². The zero-order valence-corrected chi connectivity index (χ0v) is 22.4. The number of nitrogens with zero attached hydrogens (tertiary/aromatic N) is 4. The third kappa shape index (κ3) is 6.24. The van der Waals surface area contributed by atoms with E-state index < -0.39 is 12.0 Å². The van der Waals surface area contributed by atoms with E-state index in [2.05, 4.69) is 32.2 Å². The van der Waals surface area contributed by atoms with E-state index >= 15 is 0 Å². The third-order valence-corrected chi connectivity index (χ3v) is 8.62. The fourth-order valence-corrected chi connectivity index (χ4v) is 6.66. The fraction of sp³-hybridized carbons (Fsp3) is 0.567. The number of aryl methyl sites for hydroxylation is 1. The minimum absolute atomic E-state index is 0.0182. The highest BCUT2D eigenvalue weighted by Crippen LogP contribution is 2.36. The Morgan fingerprint density at radius 3 is 2.63 bits per heavy atom. The summed E-state index contributed by atoms with van der Waals surface area (Å²) in [6, 6.07) is 12.5. The SMILES string of the molecule is CC(C)C(C(=O)O)N1CC(CN2CCC(CCCc3ccc4nonc4c3)CC2)C(c2cccc(F)c2)C1. The molecule has 2 aliphatic heterocycles. The van der Waals surface area contributed by atoms with Gasteiger partial charge in [0.2, 0.25) is 0 Å². The molecule has 0 amide bonds. The van der Waals surface area contributed by atoms with Crippen LogP contribution in [0.3, 0.4) is 0 Å². The van der Waals surface area contributed by atoms with Crippen LogP contribution in [0.2, 0.25) is 0 Å². The van der Waals surface area contributed by atoms with E-state index in [-0.39, 0.29) is 23.6 Å². The molecule has 8 heteroatoms. The van der Waals surface area contributed by atoms with E-state index in [0.717, 1.165) is 61.5 Å². The highest BCUT2D eigenvalue weighted by molar-refractivity contribution is 5.74. The van der Waals surface area contributed by atoms with Crippen LogP contribution in [0.4, 0.5) is 4.39 Å². The first-order valence-electron chi connectivity index (χ1n) is 14.0. The van der Waals surface area contributed by atoms with Gasteiger partial charge in [-0.15, -0.1) is 0 Å². The Morgan fingerprint density at radius 2 is 1.89 bits per heavy atom. The van der Waals surface area contributed by atoms with Crippen molar-refractivity contribution in [2.75, 3.05) is 32.7 Å². The Labute approximate surface area is 224 Å². The average molecular weight is 523 g/mol. The molecule has 2 aromatic carbocycles. The van der Waals surface area contributed by atoms with Crippen molar-refractivity contribution >= 4 is 17.0 Å². The molecule has 0 bridgehead atoms. The molecule has 3 aromatic rings. The van der Waals surface area contributed by atoms with Gasteiger partial charge in [-0.25, -0.2) is 9.02 Å². The Bertz CT molecular complexity index is 1220. The maximum atomic E-state index is 14.1. The van der Waals surface area contributed by atoms with E-state index in [4.69, 9.17) is 4.63 Å². The number of halogens is 1. The molecule has 1 N–H and O–H groups in total. The first-order chi connectivity index (χ1) is 18.4. The lowest BCUT2D eigenvalue weighted by atomic mass is 9.86. The summed E-state index contributed by atoms with van der Waals surface area (Å²) < 4.78 is 18.9. The number of carboxylic acids is 1. The van der Waals surface area contributed by atoms with Crippen molar-refractivity contribution in [2.45, 2.75) is 57.9 Å². The zero-order chi connectivity index (χ0) is 26.6. The van der Waals surface area contributed by atoms with Crippen molar-refractivity contribution in [3.05, 3.63) is 59.4 Å². The predicted molar refractivity (Wildman–Crippen MR) is 144 cm³/mol. The summed E-state index contributed by atoms with van der Waals surface area (Å²) in [6.45, 7) is 8.41. The number of likely N-dealkylation sites (tertiary alicyclic amines) is 2. The molecule has 0 saturated carbocycles. The van der Waals surface area contributed by atoms with Gasteiger partial charge >= 0.3 is 5.97 Å². The monoisotopic (exact) mass is 522 g/mol. The molecule has 0 aliphatic carbocycles. The highest BCUT2D eigenvalue weighted by atomic mass is 19.1. The largest absolute Gasteiger partial charge is 0.480 e. The molecule has 38 heavy (non-hydrogen) atoms. The zero-order valence-electron chi connectivity index (χ0n) is 22.4. The minimum Gasteiger partial charge on any atom is -0.480 e. The summed E-state index contributed by atoms with van der Waals surface area (Å²) in [5, 5.41) is 17.7. The van der Waals surface area contributed by atoms with E-state index in [9.17, 15) is 14.3 Å². The molecule has 3 heterocycles. The third-order valence-electron chi connectivity index (χ3n) is 8.62. The molecule has 0 spiro atoms. The Kier molecular flexibility index (Phi) is 8.39. The van der Waals surface area contributed by atoms with Crippen LogP contribution >= 0.6 is 0 Å². The first kappa shape index (κ1) is 26.8. The molecule has 3 unspecified atom stereocenters. The number of carboxylic acid groups (broad SMARTS) is 1. The molecule has 0 radical (unpaired) electrons. The molecular weight excluding hydrogens is 483 g/mol. The number of fused-ring (bicyclic) bond motifs is 1. The van der Waals surface area contributed by atoms with Gasteiger partial charge in [-0.1, -0.05) is 38.5 Å². The summed E-state index contributed by atoms with van der Waals surface area (Å²) >= 11 is 0. The van der Waals surface area contributed by atoms with Crippen molar-refractivity contribution in [3.8, 4) is 0 Å². The number of piperidine rings is 1. The number of aromatic nitrogens is 2. The van der Waals surface area contributed by atoms with Gasteiger partial charge in [-0.3, -0.25) is 9.69 Å². The Hall–Kier alpha value is -2.84. The number of benzene rings is 2. The van der Waals surface area contributed by atoms with Gasteiger partial charge in [-0.05, 0) is 102 Å². The summed E-state index contributed by atoms with van der Waals surface area (Å²) in [5.74, 6) is 0.190. The molecule has 204 valence electrons. The number of aliphatic carboxylic acids is 1. The van der Waals surface area contributed by atoms with E-state index in [1.165, 1.54) is 30.9 Å². The van der Waals surface area contributed by atoms with Gasteiger partial charge in [0, 0.05) is 25.6 Å². The lowest BCUT2D eigenvalue weighted by molar-refractivity contribution is -0.144. The number of hydrogen-bond acceptors (Lipinski definition) is 6. The topological polar surface area (TPSA) is 82.7 Å². The Balaban J connectivity index is 1.15. The van der Waals surface area contributed by atoms with Crippen molar-refractivity contribution in [1.82, 2.24) is 20.1 Å². The van der Waals surface area contributed by atoms with E-state index in [1.54, 1.807) is 12.1 Å². The van der Waals surface area contributed by atoms with Gasteiger partial charge in [0.25, 0.3) is 0 Å². The fourth-order valence-electron chi connectivity index (χ4n) is 6.66. The lowest BCUT2D eigenvalue weighted by Gasteiger charge is -2.35. The summed E-state index contributed by atoms with van der Waals surface area (Å²) in [5.41, 5.74) is 3.88. The molecule has 2 saturated heterocycles. The van der Waals surface area contributed by atoms with Crippen LogP contribution in [-0.4, -0.2) is 70.0 Å². The van der Waals surface area contributed by atoms with E-state index in [1.807, 2.05) is 26.0 Å². The Morgan fingerprint density at radius 1 is 1.11 bits per heavy atom. The van der Waals surface area contributed by atoms with Crippen LogP contribution in [-0.2, 0) is 11.2 Å². The normalized spacial score (nSPS) is 22.4. The van der Waals surface area contributed by atoms with Crippen molar-refractivity contribution < 1.29 is 18.9 Å². The lowest BCUT2D eigenvalue weighted by Crippen LogP contribution is -2.44. The molecule has 7 nitrogen and oxygen atoms in total. The van der Waals surface area contributed by atoms with E-state index in [0.29, 0.717) is 6.54 Å². The van der Waals surface area contributed by atoms with Crippen LogP contribution in [0.5, 0.6) is 0 Å². The summed E-state index contributed by atoms with van der Waals surface area (Å²) in [6.07, 6.45) is 5.80. The quantitative estimate of drug-likeness (QED) is 0.391. The van der Waals surface area contributed by atoms with Crippen molar-refractivity contribution in [1.29, 1.82) is 0 Å². The second kappa shape index (κ2) is 11.9. The molecule has 2 aliphatic rings. The molecule has 5 rings (SSSR count). The second-order valence-corrected chi connectivity index (χ2v) is 11.6. The summed E-state index contributed by atoms with van der Waals surface area (Å²) in [7, 11) is 0. The first-order valence-corrected chi connectivity index (χ1v) is 14.0. The smallest absolute Gasteiger partial charge is 0.321 e. The second-order valence-electron chi connectivity index (χ2n) is 11.6. The van der Waals surface area contributed by atoms with Crippen LogP contribution < -0.4 is 0 Å². The molecule has 1 aromatic heterocycles. The van der Waals surface area contributed by atoms with Crippen LogP contribution in [0, 0.1) is 23.6 Å². The predicted octanol–water partition coefficient (Wildman–Crippen LogP) is 5.22. The minimum atomic E-state index is -0.767.